The molecule has 1 aliphatic rings. The zero-order chi connectivity index (χ0) is 16.4. The van der Waals surface area contributed by atoms with Crippen LogP contribution < -0.4 is 5.73 Å². The van der Waals surface area contributed by atoms with Gasteiger partial charge in [0.05, 0.1) is 6.54 Å². The molecule has 120 valence electrons. The van der Waals surface area contributed by atoms with E-state index in [1.807, 2.05) is 42.5 Å². The Morgan fingerprint density at radius 1 is 1.22 bits per heavy atom. The molecule has 0 aliphatic carbocycles. The predicted molar refractivity (Wildman–Crippen MR) is 85.8 cm³/mol. The number of nitrogens with zero attached hydrogens (tertiary/aromatic N) is 1. The minimum absolute atomic E-state index is 0.0240. The fourth-order valence-electron chi connectivity index (χ4n) is 3.12. The number of hydrogen-bond acceptors (Lipinski definition) is 3. The first-order chi connectivity index (χ1) is 11.1. The van der Waals surface area contributed by atoms with Gasteiger partial charge >= 0.3 is 5.97 Å². The van der Waals surface area contributed by atoms with Gasteiger partial charge in [0.15, 0.2) is 0 Å². The second kappa shape index (κ2) is 6.26. The van der Waals surface area contributed by atoms with Gasteiger partial charge in [0.2, 0.25) is 5.91 Å². The minimum Gasteiger partial charge on any atom is -0.480 e. The van der Waals surface area contributed by atoms with Crippen LogP contribution >= 0.6 is 0 Å². The topological polar surface area (TPSA) is 99.4 Å². The summed E-state index contributed by atoms with van der Waals surface area (Å²) in [5.41, 5.74) is 8.39. The lowest BCUT2D eigenvalue weighted by atomic mass is 10.0. The lowest BCUT2D eigenvalue weighted by molar-refractivity contribution is -0.147. The zero-order valence-electron chi connectivity index (χ0n) is 12.6. The molecule has 1 aromatic carbocycles. The molecule has 1 aliphatic heterocycles. The Labute approximate surface area is 133 Å². The monoisotopic (exact) mass is 313 g/mol. The lowest BCUT2D eigenvalue weighted by Crippen LogP contribution is -2.43. The summed E-state index contributed by atoms with van der Waals surface area (Å²) in [4.78, 5) is 28.0. The third-order valence-corrected chi connectivity index (χ3v) is 4.31. The van der Waals surface area contributed by atoms with E-state index >= 15 is 0 Å². The van der Waals surface area contributed by atoms with Crippen LogP contribution in [-0.2, 0) is 9.59 Å². The summed E-state index contributed by atoms with van der Waals surface area (Å²) >= 11 is 0. The molecule has 2 atom stereocenters. The molecule has 1 saturated heterocycles. The first-order valence-electron chi connectivity index (χ1n) is 7.57. The van der Waals surface area contributed by atoms with Crippen molar-refractivity contribution in [3.63, 3.8) is 0 Å². The van der Waals surface area contributed by atoms with Crippen LogP contribution in [0.2, 0.25) is 0 Å². The maximum absolute atomic E-state index is 11.9. The smallest absolute Gasteiger partial charge is 0.326 e. The van der Waals surface area contributed by atoms with Gasteiger partial charge < -0.3 is 20.7 Å². The van der Waals surface area contributed by atoms with Crippen LogP contribution in [0.25, 0.3) is 11.3 Å². The fourth-order valence-corrected chi connectivity index (χ4v) is 3.12. The second-order valence-corrected chi connectivity index (χ2v) is 5.73. The molecule has 23 heavy (non-hydrogen) atoms. The third kappa shape index (κ3) is 2.98. The summed E-state index contributed by atoms with van der Waals surface area (Å²) in [7, 11) is 0. The van der Waals surface area contributed by atoms with E-state index in [-0.39, 0.29) is 18.4 Å². The van der Waals surface area contributed by atoms with E-state index in [0.717, 1.165) is 17.0 Å². The standard InChI is InChI=1S/C17H19N3O3/c18-9-16(21)20-10-12(8-15(20)17(22)23)14-7-6-13(19-14)11-4-2-1-3-5-11/h1-7,12,15,19H,8-10,18H2,(H,22,23)/t12-,15+/m1/s1. The number of aromatic amines is 1. The molecule has 6 nitrogen and oxygen atoms in total. The van der Waals surface area contributed by atoms with E-state index < -0.39 is 12.0 Å². The first-order valence-corrected chi connectivity index (χ1v) is 7.57. The number of hydrogen-bond donors (Lipinski definition) is 3. The van der Waals surface area contributed by atoms with Crippen molar-refractivity contribution in [3.05, 3.63) is 48.2 Å². The Bertz CT molecular complexity index is 711. The normalized spacial score (nSPS) is 20.7. The van der Waals surface area contributed by atoms with Gasteiger partial charge in [0.1, 0.15) is 6.04 Å². The van der Waals surface area contributed by atoms with Crippen molar-refractivity contribution in [1.29, 1.82) is 0 Å². The number of likely N-dealkylation sites (tertiary alicyclic amines) is 1. The van der Waals surface area contributed by atoms with Crippen molar-refractivity contribution in [1.82, 2.24) is 9.88 Å². The van der Waals surface area contributed by atoms with E-state index in [1.165, 1.54) is 4.90 Å². The Hall–Kier alpha value is -2.60. The van der Waals surface area contributed by atoms with Gasteiger partial charge in [-0.25, -0.2) is 4.79 Å². The van der Waals surface area contributed by atoms with Crippen LogP contribution in [0.1, 0.15) is 18.0 Å². The molecule has 3 rings (SSSR count). The molecule has 4 N–H and O–H groups in total. The number of aliphatic carboxylic acids is 1. The number of carboxylic acids is 1. The van der Waals surface area contributed by atoms with E-state index in [0.29, 0.717) is 13.0 Å². The van der Waals surface area contributed by atoms with Crippen molar-refractivity contribution >= 4 is 11.9 Å². The second-order valence-electron chi connectivity index (χ2n) is 5.73. The van der Waals surface area contributed by atoms with E-state index in [4.69, 9.17) is 5.73 Å². The number of nitrogens with two attached hydrogens (primary N) is 1. The molecule has 6 heteroatoms. The van der Waals surface area contributed by atoms with Crippen molar-refractivity contribution in [2.24, 2.45) is 5.73 Å². The van der Waals surface area contributed by atoms with Gasteiger partial charge in [-0.2, -0.15) is 0 Å². The molecular weight excluding hydrogens is 294 g/mol. The highest BCUT2D eigenvalue weighted by Gasteiger charge is 2.40. The summed E-state index contributed by atoms with van der Waals surface area (Å²) < 4.78 is 0. The summed E-state index contributed by atoms with van der Waals surface area (Å²) in [5.74, 6) is -1.33. The Morgan fingerprint density at radius 2 is 1.96 bits per heavy atom. The number of benzene rings is 1. The molecular formula is C17H19N3O3. The first kappa shape index (κ1) is 15.3. The Kier molecular flexibility index (Phi) is 4.16. The van der Waals surface area contributed by atoms with Crippen LogP contribution in [-0.4, -0.2) is 46.0 Å². The van der Waals surface area contributed by atoms with Crippen LogP contribution in [0.4, 0.5) is 0 Å². The average molecular weight is 313 g/mol. The quantitative estimate of drug-likeness (QED) is 0.794. The molecule has 1 aromatic heterocycles. The minimum atomic E-state index is -0.982. The van der Waals surface area contributed by atoms with E-state index in [9.17, 15) is 14.7 Å². The summed E-state index contributed by atoms with van der Waals surface area (Å²) in [6.45, 7) is 0.207. The molecule has 0 spiro atoms. The number of nitrogens with one attached hydrogen (secondary N) is 1. The Balaban J connectivity index is 1.82. The predicted octanol–water partition coefficient (Wildman–Crippen LogP) is 1.41. The van der Waals surface area contributed by atoms with Gasteiger partial charge in [-0.15, -0.1) is 0 Å². The summed E-state index contributed by atoms with van der Waals surface area (Å²) in [6, 6.07) is 13.0. The number of amides is 1. The molecule has 2 heterocycles. The third-order valence-electron chi connectivity index (χ3n) is 4.31. The number of aromatic nitrogens is 1. The van der Waals surface area contributed by atoms with Gasteiger partial charge in [0, 0.05) is 23.9 Å². The molecule has 2 aromatic rings. The molecule has 0 saturated carbocycles. The lowest BCUT2D eigenvalue weighted by Gasteiger charge is -2.20. The molecule has 0 bridgehead atoms. The van der Waals surface area contributed by atoms with Crippen LogP contribution in [0.3, 0.4) is 0 Å². The summed E-state index contributed by atoms with van der Waals surface area (Å²) in [5, 5.41) is 9.33. The maximum atomic E-state index is 11.9. The highest BCUT2D eigenvalue weighted by Crippen LogP contribution is 2.33. The van der Waals surface area contributed by atoms with Crippen molar-refractivity contribution in [2.45, 2.75) is 18.4 Å². The molecule has 1 fully saturated rings. The highest BCUT2D eigenvalue weighted by molar-refractivity contribution is 5.85. The summed E-state index contributed by atoms with van der Waals surface area (Å²) in [6.07, 6.45) is 0.399. The number of rotatable bonds is 4. The number of carbonyl (C=O) groups excluding carboxylic acids is 1. The number of H-pyrrole nitrogens is 1. The highest BCUT2D eigenvalue weighted by atomic mass is 16.4. The molecule has 0 radical (unpaired) electrons. The van der Waals surface area contributed by atoms with Crippen LogP contribution in [0.5, 0.6) is 0 Å². The van der Waals surface area contributed by atoms with E-state index in [1.54, 1.807) is 0 Å². The van der Waals surface area contributed by atoms with Gasteiger partial charge in [0.25, 0.3) is 0 Å². The van der Waals surface area contributed by atoms with Gasteiger partial charge in [-0.1, -0.05) is 30.3 Å². The number of carboxylic acid groups (broad SMARTS) is 1. The van der Waals surface area contributed by atoms with Crippen molar-refractivity contribution in [2.75, 3.05) is 13.1 Å². The SMILES string of the molecule is NCC(=O)N1C[C@H](c2ccc(-c3ccccc3)[nH]2)C[C@H]1C(=O)O. The van der Waals surface area contributed by atoms with E-state index in [2.05, 4.69) is 4.98 Å². The average Bonchev–Trinajstić information content (AvgIpc) is 3.21. The molecule has 1 amide bonds. The van der Waals surface area contributed by atoms with Gasteiger partial charge in [-0.05, 0) is 24.1 Å². The number of carbonyl (C=O) groups is 2. The van der Waals surface area contributed by atoms with Crippen LogP contribution in [0.15, 0.2) is 42.5 Å². The Morgan fingerprint density at radius 3 is 2.61 bits per heavy atom. The maximum Gasteiger partial charge on any atom is 0.326 e. The van der Waals surface area contributed by atoms with Crippen molar-refractivity contribution < 1.29 is 14.7 Å². The van der Waals surface area contributed by atoms with Gasteiger partial charge in [-0.3, -0.25) is 4.79 Å². The van der Waals surface area contributed by atoms with Crippen molar-refractivity contribution in [3.8, 4) is 11.3 Å². The zero-order valence-corrected chi connectivity index (χ0v) is 12.6. The largest absolute Gasteiger partial charge is 0.480 e. The van der Waals surface area contributed by atoms with Crippen LogP contribution in [0, 0.1) is 0 Å². The fraction of sp³-hybridized carbons (Fsp3) is 0.294. The molecule has 0 unspecified atom stereocenters.